The Kier molecular flexibility index (Phi) is 4.67. The SMILES string of the molecule is C=NS/C(=N\CS)Nc1cccnc1Cc1ccc2c3c1NCCC23. The molecule has 0 amide bonds. The summed E-state index contributed by atoms with van der Waals surface area (Å²) in [7, 11) is 0. The van der Waals surface area contributed by atoms with E-state index in [2.05, 4.69) is 56.5 Å². The van der Waals surface area contributed by atoms with E-state index in [-0.39, 0.29) is 0 Å². The van der Waals surface area contributed by atoms with Crippen molar-refractivity contribution in [3.05, 3.63) is 52.8 Å². The zero-order valence-corrected chi connectivity index (χ0v) is 15.4. The largest absolute Gasteiger partial charge is 0.385 e. The quantitative estimate of drug-likeness (QED) is 0.323. The average molecular weight is 370 g/mol. The molecule has 2 aliphatic rings. The highest BCUT2D eigenvalue weighted by Gasteiger charge is 2.38. The number of hydrogen-bond acceptors (Lipinski definition) is 6. The van der Waals surface area contributed by atoms with Crippen molar-refractivity contribution in [2.24, 2.45) is 9.39 Å². The molecule has 0 bridgehead atoms. The molecule has 1 aliphatic heterocycles. The summed E-state index contributed by atoms with van der Waals surface area (Å²) in [6.07, 6.45) is 3.81. The van der Waals surface area contributed by atoms with Crippen LogP contribution in [0.1, 0.15) is 34.7 Å². The van der Waals surface area contributed by atoms with Gasteiger partial charge < -0.3 is 10.6 Å². The van der Waals surface area contributed by atoms with Gasteiger partial charge in [-0.15, -0.1) is 0 Å². The van der Waals surface area contributed by atoms with E-state index in [1.54, 1.807) is 0 Å². The van der Waals surface area contributed by atoms with Gasteiger partial charge in [-0.2, -0.15) is 12.6 Å². The molecule has 2 aromatic rings. The Morgan fingerprint density at radius 2 is 2.36 bits per heavy atom. The van der Waals surface area contributed by atoms with Gasteiger partial charge in [-0.05, 0) is 42.0 Å². The number of nitrogens with one attached hydrogen (secondary N) is 2. The third-order valence-electron chi connectivity index (χ3n) is 4.60. The van der Waals surface area contributed by atoms with Crippen molar-refractivity contribution in [2.75, 3.05) is 23.1 Å². The zero-order valence-electron chi connectivity index (χ0n) is 13.7. The molecule has 1 unspecified atom stereocenters. The first kappa shape index (κ1) is 16.5. The van der Waals surface area contributed by atoms with Crippen molar-refractivity contribution in [3.8, 4) is 0 Å². The first-order valence-corrected chi connectivity index (χ1v) is 9.61. The van der Waals surface area contributed by atoms with Crippen molar-refractivity contribution in [3.63, 3.8) is 0 Å². The van der Waals surface area contributed by atoms with Gasteiger partial charge in [0.15, 0.2) is 5.17 Å². The van der Waals surface area contributed by atoms with Crippen LogP contribution in [0.5, 0.6) is 0 Å². The average Bonchev–Trinajstić information content (AvgIpc) is 3.34. The number of hydrogen-bond donors (Lipinski definition) is 3. The van der Waals surface area contributed by atoms with Gasteiger partial charge in [0, 0.05) is 42.7 Å². The predicted octanol–water partition coefficient (Wildman–Crippen LogP) is 3.94. The van der Waals surface area contributed by atoms with Crippen LogP contribution in [0.2, 0.25) is 0 Å². The molecule has 0 saturated heterocycles. The normalized spacial score (nSPS) is 17.5. The molecular weight excluding hydrogens is 350 g/mol. The van der Waals surface area contributed by atoms with E-state index < -0.39 is 0 Å². The monoisotopic (exact) mass is 369 g/mol. The van der Waals surface area contributed by atoms with Crippen molar-refractivity contribution >= 4 is 47.8 Å². The summed E-state index contributed by atoms with van der Waals surface area (Å²) in [5, 5.41) is 7.55. The fourth-order valence-electron chi connectivity index (χ4n) is 3.46. The highest BCUT2D eigenvalue weighted by molar-refractivity contribution is 8.13. The number of rotatable bonds is 5. The van der Waals surface area contributed by atoms with E-state index in [0.29, 0.717) is 17.0 Å². The van der Waals surface area contributed by atoms with Crippen molar-refractivity contribution in [1.29, 1.82) is 0 Å². The van der Waals surface area contributed by atoms with Gasteiger partial charge in [-0.25, -0.2) is 4.40 Å². The first-order valence-electron chi connectivity index (χ1n) is 8.20. The van der Waals surface area contributed by atoms with Gasteiger partial charge in [0.05, 0.1) is 17.3 Å². The van der Waals surface area contributed by atoms with Gasteiger partial charge in [0.25, 0.3) is 0 Å². The number of pyridine rings is 1. The Morgan fingerprint density at radius 1 is 1.44 bits per heavy atom. The summed E-state index contributed by atoms with van der Waals surface area (Å²) < 4.78 is 3.84. The van der Waals surface area contributed by atoms with Crippen LogP contribution in [0.25, 0.3) is 0 Å². The first-order chi connectivity index (χ1) is 12.3. The number of nitrogens with zero attached hydrogens (tertiary/aromatic N) is 3. The molecule has 25 heavy (non-hydrogen) atoms. The summed E-state index contributed by atoms with van der Waals surface area (Å²) in [4.78, 5) is 8.88. The van der Waals surface area contributed by atoms with Crippen LogP contribution in [0.3, 0.4) is 0 Å². The lowest BCUT2D eigenvalue weighted by Gasteiger charge is -2.16. The van der Waals surface area contributed by atoms with Gasteiger partial charge in [-0.3, -0.25) is 9.98 Å². The van der Waals surface area contributed by atoms with Gasteiger partial charge in [-0.1, -0.05) is 12.1 Å². The molecule has 0 saturated carbocycles. The number of thiol groups is 1. The van der Waals surface area contributed by atoms with E-state index in [9.17, 15) is 0 Å². The summed E-state index contributed by atoms with van der Waals surface area (Å²) in [6, 6.07) is 8.43. The fraction of sp³-hybridized carbons (Fsp3) is 0.278. The molecule has 1 aromatic carbocycles. The molecule has 4 rings (SSSR count). The Bertz CT molecular complexity index is 849. The van der Waals surface area contributed by atoms with Crippen molar-refractivity contribution < 1.29 is 0 Å². The predicted molar refractivity (Wildman–Crippen MR) is 110 cm³/mol. The van der Waals surface area contributed by atoms with E-state index in [0.717, 1.165) is 24.3 Å². The van der Waals surface area contributed by atoms with Crippen molar-refractivity contribution in [1.82, 2.24) is 4.98 Å². The molecule has 5 nitrogen and oxygen atoms in total. The van der Waals surface area contributed by atoms with Gasteiger partial charge >= 0.3 is 0 Å². The minimum absolute atomic E-state index is 0.390. The molecular formula is C18H19N5S2. The summed E-state index contributed by atoms with van der Waals surface area (Å²) in [6.45, 7) is 4.56. The van der Waals surface area contributed by atoms with Crippen LogP contribution < -0.4 is 10.6 Å². The number of fused-ring (bicyclic) bond motifs is 1. The molecule has 0 fully saturated rings. The van der Waals surface area contributed by atoms with Crippen molar-refractivity contribution in [2.45, 2.75) is 18.8 Å². The maximum Gasteiger partial charge on any atom is 0.184 e. The minimum Gasteiger partial charge on any atom is -0.385 e. The molecule has 1 aliphatic carbocycles. The minimum atomic E-state index is 0.390. The standard InChI is InChI=1S/C18H19N5S2/c1-19-25-18(22-10-24)23-14-3-2-7-20-15(14)9-11-4-5-12-13-6-8-21-17(11)16(12)13/h2-5,7,13,21,24H,1,6,8-10H2,(H,22,23). The Morgan fingerprint density at radius 3 is 3.20 bits per heavy atom. The summed E-state index contributed by atoms with van der Waals surface area (Å²) in [5.74, 6) is 1.08. The lowest BCUT2D eigenvalue weighted by molar-refractivity contribution is 0.827. The van der Waals surface area contributed by atoms with Crippen LogP contribution in [0, 0.1) is 0 Å². The van der Waals surface area contributed by atoms with Gasteiger partial charge in [0.2, 0.25) is 0 Å². The molecule has 128 valence electrons. The lowest BCUT2D eigenvalue weighted by Crippen LogP contribution is -2.12. The van der Waals surface area contributed by atoms with Crippen LogP contribution in [-0.4, -0.2) is 29.3 Å². The van der Waals surface area contributed by atoms with E-state index in [4.69, 9.17) is 0 Å². The van der Waals surface area contributed by atoms with Gasteiger partial charge in [0.1, 0.15) is 0 Å². The zero-order chi connectivity index (χ0) is 17.2. The Labute approximate surface area is 157 Å². The molecule has 0 radical (unpaired) electrons. The smallest absolute Gasteiger partial charge is 0.184 e. The molecule has 2 heterocycles. The van der Waals surface area contributed by atoms with Crippen LogP contribution >= 0.6 is 24.6 Å². The second-order valence-corrected chi connectivity index (χ2v) is 7.11. The number of benzene rings is 1. The number of amidine groups is 1. The maximum absolute atomic E-state index is 4.59. The Balaban J connectivity index is 1.60. The van der Waals surface area contributed by atoms with Crippen LogP contribution in [-0.2, 0) is 6.42 Å². The van der Waals surface area contributed by atoms with E-state index >= 15 is 0 Å². The second kappa shape index (κ2) is 7.09. The molecule has 2 N–H and O–H groups in total. The third kappa shape index (κ3) is 3.26. The number of aromatic nitrogens is 1. The summed E-state index contributed by atoms with van der Waals surface area (Å²) >= 11 is 5.36. The van der Waals surface area contributed by atoms with Crippen LogP contribution in [0.15, 0.2) is 39.9 Å². The summed E-state index contributed by atoms with van der Waals surface area (Å²) in [5.41, 5.74) is 7.56. The molecule has 1 aromatic heterocycles. The molecule has 0 spiro atoms. The fourth-order valence-corrected chi connectivity index (χ4v) is 4.10. The molecule has 7 heteroatoms. The number of anilines is 2. The highest BCUT2D eigenvalue weighted by atomic mass is 32.2. The van der Waals surface area contributed by atoms with Crippen LogP contribution in [0.4, 0.5) is 11.4 Å². The van der Waals surface area contributed by atoms with E-state index in [1.165, 1.54) is 40.7 Å². The van der Waals surface area contributed by atoms with E-state index in [1.807, 2.05) is 18.3 Å². The second-order valence-electron chi connectivity index (χ2n) is 6.00. The third-order valence-corrected chi connectivity index (χ3v) is 5.27. The molecule has 1 atom stereocenters. The Hall–Kier alpha value is -1.99. The highest BCUT2D eigenvalue weighted by Crippen LogP contribution is 2.54. The topological polar surface area (TPSA) is 61.7 Å². The lowest BCUT2D eigenvalue weighted by atomic mass is 10.0. The maximum atomic E-state index is 4.59. The number of aliphatic imine (C=N–C) groups is 1.